The lowest BCUT2D eigenvalue weighted by atomic mass is 9.87. The largest absolute Gasteiger partial charge is 0.479 e. The van der Waals surface area contributed by atoms with Gasteiger partial charge in [-0.25, -0.2) is 13.2 Å². The summed E-state index contributed by atoms with van der Waals surface area (Å²) in [7, 11) is -3.73. The van der Waals surface area contributed by atoms with Gasteiger partial charge in [0.2, 0.25) is 10.0 Å². The van der Waals surface area contributed by atoms with E-state index in [-0.39, 0.29) is 24.4 Å². The molecule has 0 saturated carbocycles. The Morgan fingerprint density at radius 1 is 1.05 bits per heavy atom. The zero-order chi connectivity index (χ0) is 31.4. The molecule has 0 aliphatic carbocycles. The van der Waals surface area contributed by atoms with Gasteiger partial charge in [0.15, 0.2) is 6.10 Å². The number of aliphatic carboxylic acids is 1. The first-order valence-electron chi connectivity index (χ1n) is 14.2. The van der Waals surface area contributed by atoms with Gasteiger partial charge >= 0.3 is 5.97 Å². The molecule has 1 aliphatic rings. The van der Waals surface area contributed by atoms with Gasteiger partial charge in [-0.3, -0.25) is 9.10 Å². The predicted octanol–water partition coefficient (Wildman–Crippen LogP) is 5.81. The maximum atomic E-state index is 13.6. The van der Waals surface area contributed by atoms with Gasteiger partial charge in [-0.2, -0.15) is 0 Å². The van der Waals surface area contributed by atoms with Gasteiger partial charge in [0, 0.05) is 24.0 Å². The summed E-state index contributed by atoms with van der Waals surface area (Å²) >= 11 is 0. The van der Waals surface area contributed by atoms with Crippen molar-refractivity contribution in [2.45, 2.75) is 80.1 Å². The van der Waals surface area contributed by atoms with E-state index in [0.29, 0.717) is 45.5 Å². The summed E-state index contributed by atoms with van der Waals surface area (Å²) in [5.41, 5.74) is 3.85. The normalized spacial score (nSPS) is 14.7. The fraction of sp³-hybridized carbons (Fsp3) is 0.500. The lowest BCUT2D eigenvalue weighted by Gasteiger charge is -2.34. The summed E-state index contributed by atoms with van der Waals surface area (Å²) in [5.74, 6) is -1.45. The summed E-state index contributed by atoms with van der Waals surface area (Å²) < 4.78 is 35.5. The number of sulfonamides is 1. The van der Waals surface area contributed by atoms with Crippen LogP contribution in [-0.2, 0) is 26.1 Å². The molecule has 42 heavy (non-hydrogen) atoms. The van der Waals surface area contributed by atoms with Crippen LogP contribution >= 0.6 is 0 Å². The molecule has 1 aromatic heterocycles. The van der Waals surface area contributed by atoms with Crippen LogP contribution in [0.4, 0.5) is 5.69 Å². The standard InChI is InChI=1S/C32H43N3O6S/c1-19-10-12-21(13-11-19)25-22-18-23(29(36)33-15-14-31(3,4)5)34-16-17-35(42(9,39)40)26(27(22)34)20(2)24(25)28(30(37)38)41-32(6,7)8/h10-13,18,28H,14-17H2,1-9H3,(H,33,36)(H,37,38)/t28-/m0/s1. The van der Waals surface area contributed by atoms with Crippen molar-refractivity contribution in [2.24, 2.45) is 5.41 Å². The minimum absolute atomic E-state index is 0.0398. The lowest BCUT2D eigenvalue weighted by molar-refractivity contribution is -0.160. The van der Waals surface area contributed by atoms with E-state index in [1.807, 2.05) is 35.8 Å². The molecule has 9 nitrogen and oxygen atoms in total. The van der Waals surface area contributed by atoms with E-state index >= 15 is 0 Å². The number of ether oxygens (including phenoxy) is 1. The first-order chi connectivity index (χ1) is 19.3. The van der Waals surface area contributed by atoms with Gasteiger partial charge in [0.25, 0.3) is 5.91 Å². The van der Waals surface area contributed by atoms with Crippen molar-refractivity contribution in [1.82, 2.24) is 9.88 Å². The highest BCUT2D eigenvalue weighted by Crippen LogP contribution is 2.48. The van der Waals surface area contributed by atoms with Crippen molar-refractivity contribution in [3.8, 4) is 11.1 Å². The second kappa shape index (κ2) is 11.0. The third-order valence-corrected chi connectivity index (χ3v) is 8.65. The molecular formula is C32H43N3O6S. The van der Waals surface area contributed by atoms with Crippen LogP contribution in [-0.4, -0.2) is 54.9 Å². The number of carbonyl (C=O) groups excluding carboxylic acids is 1. The smallest absolute Gasteiger partial charge is 0.337 e. The molecule has 0 spiro atoms. The maximum absolute atomic E-state index is 13.6. The average molecular weight is 598 g/mol. The summed E-state index contributed by atoms with van der Waals surface area (Å²) in [4.78, 5) is 26.5. The Kier molecular flexibility index (Phi) is 8.30. The Hall–Kier alpha value is -3.37. The first-order valence-corrected chi connectivity index (χ1v) is 16.1. The molecule has 3 aromatic rings. The SMILES string of the molecule is Cc1ccc(-c2c([C@H](OC(C)(C)C)C(=O)O)c(C)c3c4c2cc(C(=O)NCCC(C)(C)C)n4CCN3S(C)(=O)=O)cc1. The number of carboxylic acids is 1. The van der Waals surface area contributed by atoms with Crippen molar-refractivity contribution in [2.75, 3.05) is 23.7 Å². The fourth-order valence-corrected chi connectivity index (χ4v) is 6.55. The highest BCUT2D eigenvalue weighted by Gasteiger charge is 2.38. The summed E-state index contributed by atoms with van der Waals surface area (Å²) in [6, 6.07) is 9.50. The third kappa shape index (κ3) is 6.34. The van der Waals surface area contributed by atoms with Crippen LogP contribution in [0.5, 0.6) is 0 Å². The topological polar surface area (TPSA) is 118 Å². The molecule has 1 aliphatic heterocycles. The molecule has 0 fully saturated rings. The zero-order valence-corrected chi connectivity index (χ0v) is 26.9. The molecule has 0 radical (unpaired) electrons. The van der Waals surface area contributed by atoms with E-state index in [1.165, 1.54) is 4.31 Å². The van der Waals surface area contributed by atoms with Crippen LogP contribution in [0.1, 0.15) is 81.2 Å². The first kappa shape index (κ1) is 31.6. The van der Waals surface area contributed by atoms with E-state index in [1.54, 1.807) is 33.8 Å². The molecule has 2 aromatic carbocycles. The molecule has 10 heteroatoms. The average Bonchev–Trinajstić information content (AvgIpc) is 3.23. The van der Waals surface area contributed by atoms with Gasteiger partial charge in [-0.15, -0.1) is 0 Å². The third-order valence-electron chi connectivity index (χ3n) is 7.49. The second-order valence-corrected chi connectivity index (χ2v) is 15.3. The molecule has 228 valence electrons. The van der Waals surface area contributed by atoms with Crippen LogP contribution in [0.25, 0.3) is 22.0 Å². The minimum Gasteiger partial charge on any atom is -0.479 e. The number of nitrogens with zero attached hydrogens (tertiary/aromatic N) is 2. The number of hydrogen-bond donors (Lipinski definition) is 2. The molecule has 1 atom stereocenters. The monoisotopic (exact) mass is 597 g/mol. The number of carbonyl (C=O) groups is 2. The van der Waals surface area contributed by atoms with E-state index in [2.05, 4.69) is 26.1 Å². The van der Waals surface area contributed by atoms with Gasteiger partial charge < -0.3 is 19.7 Å². The molecule has 2 heterocycles. The second-order valence-electron chi connectivity index (χ2n) is 13.4. The number of benzene rings is 2. The lowest BCUT2D eigenvalue weighted by Crippen LogP contribution is -2.38. The van der Waals surface area contributed by atoms with Gasteiger partial charge in [-0.05, 0) is 69.2 Å². The van der Waals surface area contributed by atoms with Crippen LogP contribution in [0, 0.1) is 19.3 Å². The summed E-state index contributed by atoms with van der Waals surface area (Å²) in [6.07, 6.45) is 0.539. The molecule has 4 rings (SSSR count). The molecule has 0 saturated heterocycles. The number of carboxylic acid groups (broad SMARTS) is 1. The highest BCUT2D eigenvalue weighted by atomic mass is 32.2. The molecular weight excluding hydrogens is 554 g/mol. The molecule has 2 N–H and O–H groups in total. The van der Waals surface area contributed by atoms with Crippen LogP contribution in [0.2, 0.25) is 0 Å². The Morgan fingerprint density at radius 3 is 2.19 bits per heavy atom. The van der Waals surface area contributed by atoms with Crippen molar-refractivity contribution < 1.29 is 27.9 Å². The molecule has 0 unspecified atom stereocenters. The number of aromatic nitrogens is 1. The van der Waals surface area contributed by atoms with Crippen LogP contribution in [0.15, 0.2) is 30.3 Å². The Morgan fingerprint density at radius 2 is 1.67 bits per heavy atom. The van der Waals surface area contributed by atoms with Crippen molar-refractivity contribution in [3.63, 3.8) is 0 Å². The summed E-state index contributed by atoms with van der Waals surface area (Å²) in [6.45, 7) is 16.3. The van der Waals surface area contributed by atoms with Crippen molar-refractivity contribution >= 4 is 38.5 Å². The number of rotatable bonds is 8. The zero-order valence-electron chi connectivity index (χ0n) is 26.1. The van der Waals surface area contributed by atoms with E-state index in [0.717, 1.165) is 23.8 Å². The summed E-state index contributed by atoms with van der Waals surface area (Å²) in [5, 5.41) is 14.1. The van der Waals surface area contributed by atoms with Crippen molar-refractivity contribution in [1.29, 1.82) is 0 Å². The molecule has 1 amide bonds. The van der Waals surface area contributed by atoms with E-state index in [9.17, 15) is 23.1 Å². The van der Waals surface area contributed by atoms with Gasteiger partial charge in [-0.1, -0.05) is 50.6 Å². The van der Waals surface area contributed by atoms with E-state index in [4.69, 9.17) is 4.74 Å². The predicted molar refractivity (Wildman–Crippen MR) is 167 cm³/mol. The number of amides is 1. The Bertz CT molecular complexity index is 1640. The number of nitrogens with one attached hydrogen (secondary N) is 1. The van der Waals surface area contributed by atoms with Crippen LogP contribution in [0.3, 0.4) is 0 Å². The Balaban J connectivity index is 2.12. The number of aryl methyl sites for hydroxylation is 1. The number of hydrogen-bond acceptors (Lipinski definition) is 5. The van der Waals surface area contributed by atoms with Crippen molar-refractivity contribution in [3.05, 3.63) is 52.7 Å². The Labute approximate surface area is 248 Å². The van der Waals surface area contributed by atoms with Gasteiger partial charge in [0.1, 0.15) is 5.69 Å². The fourth-order valence-electron chi connectivity index (χ4n) is 5.58. The number of anilines is 1. The maximum Gasteiger partial charge on any atom is 0.337 e. The quantitative estimate of drug-likeness (QED) is 0.338. The minimum atomic E-state index is -3.73. The van der Waals surface area contributed by atoms with Crippen LogP contribution < -0.4 is 9.62 Å². The highest BCUT2D eigenvalue weighted by molar-refractivity contribution is 7.92. The van der Waals surface area contributed by atoms with Gasteiger partial charge in [0.05, 0.1) is 29.6 Å². The van der Waals surface area contributed by atoms with E-state index < -0.39 is 27.7 Å². The molecule has 0 bridgehead atoms.